The minimum Gasteiger partial charge on any atom is -0.333 e. The highest BCUT2D eigenvalue weighted by Crippen LogP contribution is 2.20. The van der Waals surface area contributed by atoms with Gasteiger partial charge in [-0.3, -0.25) is 4.79 Å². The predicted molar refractivity (Wildman–Crippen MR) is 56.9 cm³/mol. The Morgan fingerprint density at radius 2 is 2.64 bits per heavy atom. The summed E-state index contributed by atoms with van der Waals surface area (Å²) < 4.78 is 0. The van der Waals surface area contributed by atoms with Crippen LogP contribution in [-0.2, 0) is 0 Å². The van der Waals surface area contributed by atoms with E-state index in [0.29, 0.717) is 11.6 Å². The molecule has 0 bridgehead atoms. The van der Waals surface area contributed by atoms with Crippen molar-refractivity contribution in [3.63, 3.8) is 0 Å². The molecular formula is C9H11ClN2OS. The van der Waals surface area contributed by atoms with Gasteiger partial charge in [-0.2, -0.15) is 0 Å². The third kappa shape index (κ3) is 1.77. The lowest BCUT2D eigenvalue weighted by Gasteiger charge is -2.21. The molecule has 1 saturated heterocycles. The molecular weight excluding hydrogens is 220 g/mol. The summed E-state index contributed by atoms with van der Waals surface area (Å²) in [6.07, 6.45) is 2.06. The SMILES string of the molecule is O=C(c1cscn1)N1CCCC1CCl. The van der Waals surface area contributed by atoms with Gasteiger partial charge in [0.1, 0.15) is 5.69 Å². The molecule has 3 nitrogen and oxygen atoms in total. The maximum absolute atomic E-state index is 11.9. The van der Waals surface area contributed by atoms with Crippen LogP contribution in [0.25, 0.3) is 0 Å². The van der Waals surface area contributed by atoms with E-state index < -0.39 is 0 Å². The number of amides is 1. The largest absolute Gasteiger partial charge is 0.333 e. The van der Waals surface area contributed by atoms with Gasteiger partial charge in [-0.25, -0.2) is 4.98 Å². The van der Waals surface area contributed by atoms with Gasteiger partial charge in [-0.15, -0.1) is 22.9 Å². The van der Waals surface area contributed by atoms with Crippen molar-refractivity contribution < 1.29 is 4.79 Å². The van der Waals surface area contributed by atoms with Crippen molar-refractivity contribution in [2.24, 2.45) is 0 Å². The standard InChI is InChI=1S/C9H11ClN2OS/c10-4-7-2-1-3-12(7)9(13)8-5-14-6-11-8/h5-7H,1-4H2. The van der Waals surface area contributed by atoms with Gasteiger partial charge in [0.2, 0.25) is 0 Å². The number of hydrogen-bond acceptors (Lipinski definition) is 3. The molecule has 1 aromatic rings. The van der Waals surface area contributed by atoms with E-state index in [1.165, 1.54) is 11.3 Å². The first-order chi connectivity index (χ1) is 6.83. The highest BCUT2D eigenvalue weighted by Gasteiger charge is 2.29. The van der Waals surface area contributed by atoms with Crippen molar-refractivity contribution in [2.75, 3.05) is 12.4 Å². The predicted octanol–water partition coefficient (Wildman–Crippen LogP) is 1.99. The molecule has 0 radical (unpaired) electrons. The van der Waals surface area contributed by atoms with Crippen LogP contribution in [-0.4, -0.2) is 34.3 Å². The highest BCUT2D eigenvalue weighted by molar-refractivity contribution is 7.07. The Labute approximate surface area is 91.7 Å². The zero-order valence-electron chi connectivity index (χ0n) is 7.65. The average molecular weight is 231 g/mol. The Bertz CT molecular complexity index is 315. The van der Waals surface area contributed by atoms with E-state index in [9.17, 15) is 4.79 Å². The Morgan fingerprint density at radius 3 is 3.29 bits per heavy atom. The molecule has 1 aliphatic heterocycles. The van der Waals surface area contributed by atoms with Crippen LogP contribution in [0.4, 0.5) is 0 Å². The van der Waals surface area contributed by atoms with Gasteiger partial charge in [0.15, 0.2) is 0 Å². The molecule has 5 heteroatoms. The van der Waals surface area contributed by atoms with Crippen molar-refractivity contribution in [3.05, 3.63) is 16.6 Å². The highest BCUT2D eigenvalue weighted by atomic mass is 35.5. The summed E-state index contributed by atoms with van der Waals surface area (Å²) >= 11 is 7.24. The van der Waals surface area contributed by atoms with Gasteiger partial charge >= 0.3 is 0 Å². The number of aromatic nitrogens is 1. The molecule has 2 rings (SSSR count). The zero-order chi connectivity index (χ0) is 9.97. The third-order valence-electron chi connectivity index (χ3n) is 2.47. The number of likely N-dealkylation sites (tertiary alicyclic amines) is 1. The molecule has 1 atom stereocenters. The summed E-state index contributed by atoms with van der Waals surface area (Å²) in [5, 5.41) is 1.78. The molecule has 0 aromatic carbocycles. The average Bonchev–Trinajstić information content (AvgIpc) is 2.87. The van der Waals surface area contributed by atoms with Gasteiger partial charge in [-0.1, -0.05) is 0 Å². The first-order valence-corrected chi connectivity index (χ1v) is 6.06. The molecule has 76 valence electrons. The number of nitrogens with zero attached hydrogens (tertiary/aromatic N) is 2. The minimum atomic E-state index is 0.0226. The third-order valence-corrected chi connectivity index (χ3v) is 3.41. The molecule has 14 heavy (non-hydrogen) atoms. The van der Waals surface area contributed by atoms with Crippen LogP contribution in [0.2, 0.25) is 0 Å². The lowest BCUT2D eigenvalue weighted by Crippen LogP contribution is -2.36. The molecule has 0 N–H and O–H groups in total. The number of halogens is 1. The van der Waals surface area contributed by atoms with Crippen LogP contribution in [0, 0.1) is 0 Å². The van der Waals surface area contributed by atoms with E-state index >= 15 is 0 Å². The second kappa shape index (κ2) is 4.28. The van der Waals surface area contributed by atoms with Crippen molar-refractivity contribution in [1.29, 1.82) is 0 Å². The van der Waals surface area contributed by atoms with Crippen LogP contribution < -0.4 is 0 Å². The molecule has 1 aliphatic rings. The summed E-state index contributed by atoms with van der Waals surface area (Å²) in [5.41, 5.74) is 2.23. The monoisotopic (exact) mass is 230 g/mol. The first kappa shape index (κ1) is 9.93. The Kier molecular flexibility index (Phi) is 3.03. The lowest BCUT2D eigenvalue weighted by atomic mass is 10.2. The van der Waals surface area contributed by atoms with Gasteiger partial charge in [0.25, 0.3) is 5.91 Å². The van der Waals surface area contributed by atoms with Crippen molar-refractivity contribution in [1.82, 2.24) is 9.88 Å². The summed E-state index contributed by atoms with van der Waals surface area (Å²) in [5.74, 6) is 0.546. The quantitative estimate of drug-likeness (QED) is 0.728. The maximum atomic E-state index is 11.9. The fourth-order valence-corrected chi connectivity index (χ4v) is 2.58. The van der Waals surface area contributed by atoms with E-state index in [-0.39, 0.29) is 11.9 Å². The summed E-state index contributed by atoms with van der Waals surface area (Å²) in [7, 11) is 0. The smallest absolute Gasteiger partial charge is 0.273 e. The molecule has 1 aromatic heterocycles. The van der Waals surface area contributed by atoms with Gasteiger partial charge in [0.05, 0.1) is 5.51 Å². The van der Waals surface area contributed by atoms with E-state index in [1.54, 1.807) is 10.9 Å². The molecule has 0 spiro atoms. The second-order valence-corrected chi connectivity index (χ2v) is 4.35. The molecule has 0 saturated carbocycles. The van der Waals surface area contributed by atoms with Crippen molar-refractivity contribution in [3.8, 4) is 0 Å². The maximum Gasteiger partial charge on any atom is 0.273 e. The number of carbonyl (C=O) groups excluding carboxylic acids is 1. The first-order valence-electron chi connectivity index (χ1n) is 4.58. The summed E-state index contributed by atoms with van der Waals surface area (Å²) in [4.78, 5) is 17.7. The normalized spacial score (nSPS) is 21.5. The number of thiazole rings is 1. The number of alkyl halides is 1. The van der Waals surface area contributed by atoms with E-state index in [0.717, 1.165) is 19.4 Å². The van der Waals surface area contributed by atoms with Gasteiger partial charge < -0.3 is 4.90 Å². The Morgan fingerprint density at radius 1 is 1.79 bits per heavy atom. The van der Waals surface area contributed by atoms with Crippen LogP contribution in [0.15, 0.2) is 10.9 Å². The molecule has 0 aliphatic carbocycles. The van der Waals surface area contributed by atoms with Crippen molar-refractivity contribution in [2.45, 2.75) is 18.9 Å². The molecule has 1 fully saturated rings. The van der Waals surface area contributed by atoms with E-state index in [2.05, 4.69) is 4.98 Å². The van der Waals surface area contributed by atoms with Crippen LogP contribution in [0.5, 0.6) is 0 Å². The van der Waals surface area contributed by atoms with Crippen LogP contribution >= 0.6 is 22.9 Å². The Hall–Kier alpha value is -0.610. The molecule has 1 amide bonds. The van der Waals surface area contributed by atoms with E-state index in [4.69, 9.17) is 11.6 Å². The number of rotatable bonds is 2. The van der Waals surface area contributed by atoms with Crippen LogP contribution in [0.3, 0.4) is 0 Å². The molecule has 2 heterocycles. The topological polar surface area (TPSA) is 33.2 Å². The number of hydrogen-bond donors (Lipinski definition) is 0. The van der Waals surface area contributed by atoms with Gasteiger partial charge in [-0.05, 0) is 12.8 Å². The fourth-order valence-electron chi connectivity index (χ4n) is 1.73. The van der Waals surface area contributed by atoms with Crippen LogP contribution in [0.1, 0.15) is 23.3 Å². The summed E-state index contributed by atoms with van der Waals surface area (Å²) in [6.45, 7) is 0.813. The Balaban J connectivity index is 2.11. The van der Waals surface area contributed by atoms with Gasteiger partial charge in [0, 0.05) is 23.8 Å². The zero-order valence-corrected chi connectivity index (χ0v) is 9.22. The lowest BCUT2D eigenvalue weighted by molar-refractivity contribution is 0.0744. The summed E-state index contributed by atoms with van der Waals surface area (Å²) in [6, 6.07) is 0.200. The second-order valence-electron chi connectivity index (χ2n) is 3.32. The molecule has 1 unspecified atom stereocenters. The fraction of sp³-hybridized carbons (Fsp3) is 0.556. The minimum absolute atomic E-state index is 0.0226. The van der Waals surface area contributed by atoms with E-state index in [1.807, 2.05) is 4.90 Å². The number of carbonyl (C=O) groups is 1. The van der Waals surface area contributed by atoms with Crippen molar-refractivity contribution >= 4 is 28.8 Å².